The molecule has 1 aliphatic heterocycles. The van der Waals surface area contributed by atoms with Gasteiger partial charge >= 0.3 is 0 Å². The van der Waals surface area contributed by atoms with Crippen LogP contribution in [-0.2, 0) is 0 Å². The van der Waals surface area contributed by atoms with E-state index in [1.165, 1.54) is 6.07 Å². The Labute approximate surface area is 123 Å². The van der Waals surface area contributed by atoms with E-state index >= 15 is 0 Å². The molecule has 0 radical (unpaired) electrons. The molecular formula is C17H17FN2O. The third-order valence-corrected chi connectivity index (χ3v) is 3.81. The van der Waals surface area contributed by atoms with E-state index in [0.717, 1.165) is 31.5 Å². The summed E-state index contributed by atoms with van der Waals surface area (Å²) in [5.74, 6) is -0.411. The van der Waals surface area contributed by atoms with Gasteiger partial charge in [0, 0.05) is 24.8 Å². The van der Waals surface area contributed by atoms with Crippen LogP contribution in [0.3, 0.4) is 0 Å². The zero-order valence-electron chi connectivity index (χ0n) is 12.0. The first-order valence-corrected chi connectivity index (χ1v) is 7.17. The Morgan fingerprint density at radius 2 is 2.00 bits per heavy atom. The van der Waals surface area contributed by atoms with Gasteiger partial charge in [-0.2, -0.15) is 0 Å². The third-order valence-electron chi connectivity index (χ3n) is 3.81. The molecule has 4 heteroatoms. The van der Waals surface area contributed by atoms with Crippen LogP contribution in [-0.4, -0.2) is 28.9 Å². The number of pyridine rings is 1. The van der Waals surface area contributed by atoms with Crippen LogP contribution in [0.4, 0.5) is 4.39 Å². The lowest BCUT2D eigenvalue weighted by molar-refractivity contribution is 0.0793. The van der Waals surface area contributed by atoms with Crippen LogP contribution in [0.5, 0.6) is 0 Å². The predicted octanol–water partition coefficient (Wildman–Crippen LogP) is 3.43. The van der Waals surface area contributed by atoms with Crippen molar-refractivity contribution in [3.63, 3.8) is 0 Å². The number of hydrogen-bond acceptors (Lipinski definition) is 2. The highest BCUT2D eigenvalue weighted by molar-refractivity contribution is 6.00. The Morgan fingerprint density at radius 3 is 2.76 bits per heavy atom. The summed E-state index contributed by atoms with van der Waals surface area (Å²) >= 11 is 0. The SMILES string of the molecule is Cc1ccc(F)c(-c2ncccc2C(=O)N2CCCC2)c1. The standard InChI is InChI=1S/C17H17FN2O/c1-12-6-7-15(18)14(11-12)16-13(5-4-8-19-16)17(21)20-9-2-3-10-20/h4-8,11H,2-3,9-10H2,1H3. The van der Waals surface area contributed by atoms with Gasteiger partial charge in [-0.1, -0.05) is 11.6 Å². The molecule has 0 aliphatic carbocycles. The highest BCUT2D eigenvalue weighted by Crippen LogP contribution is 2.27. The zero-order chi connectivity index (χ0) is 14.8. The van der Waals surface area contributed by atoms with E-state index < -0.39 is 0 Å². The topological polar surface area (TPSA) is 33.2 Å². The molecule has 0 spiro atoms. The van der Waals surface area contributed by atoms with Crippen LogP contribution in [0.1, 0.15) is 28.8 Å². The van der Waals surface area contributed by atoms with Crippen molar-refractivity contribution in [3.05, 3.63) is 53.5 Å². The summed E-state index contributed by atoms with van der Waals surface area (Å²) in [7, 11) is 0. The van der Waals surface area contributed by atoms with Crippen molar-refractivity contribution in [3.8, 4) is 11.3 Å². The molecule has 0 bridgehead atoms. The maximum Gasteiger partial charge on any atom is 0.256 e. The van der Waals surface area contributed by atoms with E-state index in [0.29, 0.717) is 16.8 Å². The van der Waals surface area contributed by atoms with E-state index in [1.807, 2.05) is 11.8 Å². The number of aryl methyl sites for hydroxylation is 1. The number of carbonyl (C=O) groups excluding carboxylic acids is 1. The number of halogens is 1. The molecule has 3 rings (SSSR count). The lowest BCUT2D eigenvalue weighted by Gasteiger charge is -2.17. The van der Waals surface area contributed by atoms with Gasteiger partial charge < -0.3 is 4.90 Å². The van der Waals surface area contributed by atoms with Crippen LogP contribution in [0, 0.1) is 12.7 Å². The number of amides is 1. The van der Waals surface area contributed by atoms with E-state index in [2.05, 4.69) is 4.98 Å². The normalized spacial score (nSPS) is 14.5. The van der Waals surface area contributed by atoms with Crippen molar-refractivity contribution < 1.29 is 9.18 Å². The highest BCUT2D eigenvalue weighted by atomic mass is 19.1. The number of aromatic nitrogens is 1. The molecule has 1 saturated heterocycles. The minimum atomic E-state index is -0.352. The molecule has 3 nitrogen and oxygen atoms in total. The molecule has 1 aromatic heterocycles. The maximum absolute atomic E-state index is 14.1. The second-order valence-corrected chi connectivity index (χ2v) is 5.38. The fourth-order valence-electron chi connectivity index (χ4n) is 2.70. The van der Waals surface area contributed by atoms with Crippen LogP contribution >= 0.6 is 0 Å². The average Bonchev–Trinajstić information content (AvgIpc) is 3.03. The van der Waals surface area contributed by atoms with Crippen molar-refractivity contribution in [2.45, 2.75) is 19.8 Å². The van der Waals surface area contributed by atoms with Gasteiger partial charge in [0.15, 0.2) is 0 Å². The largest absolute Gasteiger partial charge is 0.339 e. The van der Waals surface area contributed by atoms with Crippen molar-refractivity contribution in [1.29, 1.82) is 0 Å². The first-order chi connectivity index (χ1) is 10.2. The molecule has 21 heavy (non-hydrogen) atoms. The van der Waals surface area contributed by atoms with Crippen LogP contribution in [0.25, 0.3) is 11.3 Å². The van der Waals surface area contributed by atoms with Gasteiger partial charge in [0.25, 0.3) is 5.91 Å². The zero-order valence-corrected chi connectivity index (χ0v) is 12.0. The van der Waals surface area contributed by atoms with Gasteiger partial charge in [-0.3, -0.25) is 9.78 Å². The van der Waals surface area contributed by atoms with Gasteiger partial charge in [0.05, 0.1) is 11.3 Å². The highest BCUT2D eigenvalue weighted by Gasteiger charge is 2.23. The van der Waals surface area contributed by atoms with Crippen molar-refractivity contribution in [1.82, 2.24) is 9.88 Å². The quantitative estimate of drug-likeness (QED) is 0.846. The minimum Gasteiger partial charge on any atom is -0.339 e. The molecule has 0 unspecified atom stereocenters. The van der Waals surface area contributed by atoms with Gasteiger partial charge in [-0.15, -0.1) is 0 Å². The summed E-state index contributed by atoms with van der Waals surface area (Å²) in [5, 5.41) is 0. The summed E-state index contributed by atoms with van der Waals surface area (Å²) in [6.07, 6.45) is 3.65. The Balaban J connectivity index is 2.07. The molecule has 1 aromatic carbocycles. The van der Waals surface area contributed by atoms with Crippen LogP contribution in [0.15, 0.2) is 36.5 Å². The molecule has 0 N–H and O–H groups in total. The van der Waals surface area contributed by atoms with Gasteiger partial charge in [0.1, 0.15) is 5.82 Å². The molecule has 108 valence electrons. The lowest BCUT2D eigenvalue weighted by Crippen LogP contribution is -2.28. The molecule has 2 aromatic rings. The van der Waals surface area contributed by atoms with Crippen molar-refractivity contribution in [2.75, 3.05) is 13.1 Å². The Kier molecular flexibility index (Phi) is 3.69. The molecule has 1 aliphatic rings. The number of carbonyl (C=O) groups is 1. The summed E-state index contributed by atoms with van der Waals surface area (Å²) in [6.45, 7) is 3.43. The predicted molar refractivity (Wildman–Crippen MR) is 79.5 cm³/mol. The number of hydrogen-bond donors (Lipinski definition) is 0. The molecule has 1 amide bonds. The summed E-state index contributed by atoms with van der Waals surface area (Å²) < 4.78 is 14.1. The number of benzene rings is 1. The van der Waals surface area contributed by atoms with Gasteiger partial charge in [0.2, 0.25) is 0 Å². The third kappa shape index (κ3) is 2.66. The molecule has 2 heterocycles. The first kappa shape index (κ1) is 13.7. The van der Waals surface area contributed by atoms with Gasteiger partial charge in [-0.25, -0.2) is 4.39 Å². The van der Waals surface area contributed by atoms with Gasteiger partial charge in [-0.05, 0) is 44.0 Å². The van der Waals surface area contributed by atoms with E-state index in [1.54, 1.807) is 30.5 Å². The summed E-state index contributed by atoms with van der Waals surface area (Å²) in [6, 6.07) is 8.32. The summed E-state index contributed by atoms with van der Waals surface area (Å²) in [4.78, 5) is 18.7. The average molecular weight is 284 g/mol. The van der Waals surface area contributed by atoms with E-state index in [4.69, 9.17) is 0 Å². The molecule has 1 fully saturated rings. The number of nitrogens with zero attached hydrogens (tertiary/aromatic N) is 2. The van der Waals surface area contributed by atoms with E-state index in [9.17, 15) is 9.18 Å². The Hall–Kier alpha value is -2.23. The van der Waals surface area contributed by atoms with E-state index in [-0.39, 0.29) is 11.7 Å². The van der Waals surface area contributed by atoms with Crippen LogP contribution < -0.4 is 0 Å². The fraction of sp³-hybridized carbons (Fsp3) is 0.294. The Bertz CT molecular complexity index is 678. The summed E-state index contributed by atoms with van der Waals surface area (Å²) in [5.41, 5.74) is 2.23. The number of likely N-dealkylation sites (tertiary alicyclic amines) is 1. The molecule has 0 saturated carbocycles. The van der Waals surface area contributed by atoms with Crippen LogP contribution in [0.2, 0.25) is 0 Å². The van der Waals surface area contributed by atoms with Crippen molar-refractivity contribution >= 4 is 5.91 Å². The second kappa shape index (κ2) is 5.64. The maximum atomic E-state index is 14.1. The smallest absolute Gasteiger partial charge is 0.256 e. The minimum absolute atomic E-state index is 0.0588. The number of rotatable bonds is 2. The lowest BCUT2D eigenvalue weighted by atomic mass is 10.0. The Morgan fingerprint density at radius 1 is 1.24 bits per heavy atom. The second-order valence-electron chi connectivity index (χ2n) is 5.38. The van der Waals surface area contributed by atoms with Crippen molar-refractivity contribution in [2.24, 2.45) is 0 Å². The molecular weight excluding hydrogens is 267 g/mol. The molecule has 0 atom stereocenters. The first-order valence-electron chi connectivity index (χ1n) is 7.17. The fourth-order valence-corrected chi connectivity index (χ4v) is 2.70. The monoisotopic (exact) mass is 284 g/mol.